The third-order valence-electron chi connectivity index (χ3n) is 3.77. The zero-order chi connectivity index (χ0) is 17.6. The van der Waals surface area contributed by atoms with Crippen molar-refractivity contribution in [2.45, 2.75) is 6.54 Å². The van der Waals surface area contributed by atoms with Gasteiger partial charge in [-0.15, -0.1) is 0 Å². The number of hydrogen-bond donors (Lipinski definition) is 1. The van der Waals surface area contributed by atoms with E-state index in [9.17, 15) is 4.79 Å². The fourth-order valence-corrected chi connectivity index (χ4v) is 2.69. The molecular formula is C20H18BrN3O. The van der Waals surface area contributed by atoms with E-state index in [0.29, 0.717) is 5.56 Å². The molecule has 0 aliphatic carbocycles. The molecule has 0 saturated carbocycles. The molecule has 1 heterocycles. The summed E-state index contributed by atoms with van der Waals surface area (Å²) in [6.07, 6.45) is 1.60. The van der Waals surface area contributed by atoms with Gasteiger partial charge in [0.15, 0.2) is 0 Å². The second-order valence-electron chi connectivity index (χ2n) is 5.71. The van der Waals surface area contributed by atoms with Crippen molar-refractivity contribution < 1.29 is 4.79 Å². The minimum absolute atomic E-state index is 0.174. The highest BCUT2D eigenvalue weighted by molar-refractivity contribution is 9.10. The fourth-order valence-electron chi connectivity index (χ4n) is 2.42. The smallest absolute Gasteiger partial charge is 0.257 e. The van der Waals surface area contributed by atoms with Crippen LogP contribution in [0.4, 0.5) is 11.5 Å². The van der Waals surface area contributed by atoms with Crippen LogP contribution in [0.1, 0.15) is 15.9 Å². The van der Waals surface area contributed by atoms with Crippen molar-refractivity contribution in [3.8, 4) is 0 Å². The monoisotopic (exact) mass is 395 g/mol. The number of carbonyl (C=O) groups is 1. The number of hydrogen-bond acceptors (Lipinski definition) is 3. The van der Waals surface area contributed by atoms with E-state index in [1.54, 1.807) is 12.3 Å². The number of aromatic nitrogens is 1. The Hall–Kier alpha value is -2.66. The van der Waals surface area contributed by atoms with Crippen LogP contribution in [0, 0.1) is 0 Å². The van der Waals surface area contributed by atoms with Crippen LogP contribution < -0.4 is 10.2 Å². The molecule has 4 nitrogen and oxygen atoms in total. The molecule has 0 aliphatic rings. The van der Waals surface area contributed by atoms with Crippen molar-refractivity contribution in [2.24, 2.45) is 0 Å². The molecule has 1 N–H and O–H groups in total. The second-order valence-corrected chi connectivity index (χ2v) is 6.62. The SMILES string of the molecule is CN(Cc1ccccc1)c1ccc(C(=O)Nc2ccc(Br)cc2)cn1. The Morgan fingerprint density at radius 1 is 1.04 bits per heavy atom. The molecule has 1 aromatic heterocycles. The summed E-state index contributed by atoms with van der Waals surface area (Å²) in [4.78, 5) is 18.8. The molecule has 5 heteroatoms. The summed E-state index contributed by atoms with van der Waals surface area (Å²) in [6.45, 7) is 0.762. The lowest BCUT2D eigenvalue weighted by molar-refractivity contribution is 0.102. The molecule has 0 fully saturated rings. The van der Waals surface area contributed by atoms with E-state index in [4.69, 9.17) is 0 Å². The van der Waals surface area contributed by atoms with Gasteiger partial charge in [0.05, 0.1) is 5.56 Å². The van der Waals surface area contributed by atoms with Crippen molar-refractivity contribution >= 4 is 33.3 Å². The average molecular weight is 396 g/mol. The molecule has 25 heavy (non-hydrogen) atoms. The number of carbonyl (C=O) groups excluding carboxylic acids is 1. The van der Waals surface area contributed by atoms with Crippen LogP contribution in [0.25, 0.3) is 0 Å². The summed E-state index contributed by atoms with van der Waals surface area (Å²) in [6, 6.07) is 21.3. The highest BCUT2D eigenvalue weighted by Gasteiger charge is 2.09. The van der Waals surface area contributed by atoms with Gasteiger partial charge in [-0.05, 0) is 42.0 Å². The summed E-state index contributed by atoms with van der Waals surface area (Å²) < 4.78 is 0.970. The van der Waals surface area contributed by atoms with Crippen LogP contribution in [0.3, 0.4) is 0 Å². The minimum atomic E-state index is -0.174. The Labute approximate surface area is 155 Å². The van der Waals surface area contributed by atoms with Gasteiger partial charge in [-0.1, -0.05) is 46.3 Å². The lowest BCUT2D eigenvalue weighted by Gasteiger charge is -2.18. The summed E-state index contributed by atoms with van der Waals surface area (Å²) in [7, 11) is 1.98. The van der Waals surface area contributed by atoms with Crippen molar-refractivity contribution in [1.82, 2.24) is 4.98 Å². The van der Waals surface area contributed by atoms with Gasteiger partial charge in [-0.25, -0.2) is 4.98 Å². The molecule has 0 bridgehead atoms. The molecular weight excluding hydrogens is 378 g/mol. The molecule has 3 rings (SSSR count). The van der Waals surface area contributed by atoms with Crippen LogP contribution in [-0.2, 0) is 6.54 Å². The molecule has 0 radical (unpaired) electrons. The van der Waals surface area contributed by atoms with E-state index < -0.39 is 0 Å². The van der Waals surface area contributed by atoms with Gasteiger partial charge in [-0.3, -0.25) is 4.79 Å². The number of nitrogens with one attached hydrogen (secondary N) is 1. The van der Waals surface area contributed by atoms with Crippen molar-refractivity contribution in [3.05, 3.63) is 88.5 Å². The number of amides is 1. The van der Waals surface area contributed by atoms with E-state index in [1.165, 1.54) is 5.56 Å². The highest BCUT2D eigenvalue weighted by atomic mass is 79.9. The maximum absolute atomic E-state index is 12.3. The Morgan fingerprint density at radius 3 is 2.40 bits per heavy atom. The van der Waals surface area contributed by atoms with E-state index in [1.807, 2.05) is 60.5 Å². The lowest BCUT2D eigenvalue weighted by atomic mass is 10.2. The third kappa shape index (κ3) is 4.67. The molecule has 0 unspecified atom stereocenters. The topological polar surface area (TPSA) is 45.2 Å². The summed E-state index contributed by atoms with van der Waals surface area (Å²) in [5.74, 6) is 0.649. The van der Waals surface area contributed by atoms with Crippen LogP contribution in [0.5, 0.6) is 0 Å². The molecule has 3 aromatic rings. The normalized spacial score (nSPS) is 10.3. The summed E-state index contributed by atoms with van der Waals surface area (Å²) in [5, 5.41) is 2.86. The van der Waals surface area contributed by atoms with Gasteiger partial charge in [0.1, 0.15) is 5.82 Å². The molecule has 0 spiro atoms. The van der Waals surface area contributed by atoms with E-state index in [0.717, 1.165) is 22.5 Å². The summed E-state index contributed by atoms with van der Waals surface area (Å²) in [5.41, 5.74) is 2.49. The number of anilines is 2. The van der Waals surface area contributed by atoms with Gasteiger partial charge in [0.25, 0.3) is 5.91 Å². The van der Waals surface area contributed by atoms with Crippen LogP contribution in [0.2, 0.25) is 0 Å². The first-order valence-electron chi connectivity index (χ1n) is 7.90. The predicted octanol–water partition coefficient (Wildman–Crippen LogP) is 4.73. The van der Waals surface area contributed by atoms with Crippen LogP contribution in [0.15, 0.2) is 77.4 Å². The minimum Gasteiger partial charge on any atom is -0.355 e. The van der Waals surface area contributed by atoms with Crippen LogP contribution in [-0.4, -0.2) is 17.9 Å². The van der Waals surface area contributed by atoms with Crippen molar-refractivity contribution in [2.75, 3.05) is 17.3 Å². The zero-order valence-electron chi connectivity index (χ0n) is 13.8. The quantitative estimate of drug-likeness (QED) is 0.678. The highest BCUT2D eigenvalue weighted by Crippen LogP contribution is 2.16. The van der Waals surface area contributed by atoms with Crippen molar-refractivity contribution in [1.29, 1.82) is 0 Å². The van der Waals surface area contributed by atoms with Gasteiger partial charge in [0, 0.05) is 29.9 Å². The lowest BCUT2D eigenvalue weighted by Crippen LogP contribution is -2.18. The second kappa shape index (κ2) is 7.94. The predicted molar refractivity (Wildman–Crippen MR) is 105 cm³/mol. The number of benzene rings is 2. The summed E-state index contributed by atoms with van der Waals surface area (Å²) >= 11 is 3.37. The molecule has 126 valence electrons. The Bertz CT molecular complexity index is 833. The number of rotatable bonds is 5. The Balaban J connectivity index is 1.65. The van der Waals surface area contributed by atoms with Crippen molar-refractivity contribution in [3.63, 3.8) is 0 Å². The first kappa shape index (κ1) is 17.2. The fraction of sp³-hybridized carbons (Fsp3) is 0.100. The Kier molecular flexibility index (Phi) is 5.46. The van der Waals surface area contributed by atoms with E-state index in [2.05, 4.69) is 38.4 Å². The standard InChI is InChI=1S/C20H18BrN3O/c1-24(14-15-5-3-2-4-6-15)19-12-7-16(13-22-19)20(25)23-18-10-8-17(21)9-11-18/h2-13H,14H2,1H3,(H,23,25). The van der Waals surface area contributed by atoms with Gasteiger partial charge < -0.3 is 10.2 Å². The Morgan fingerprint density at radius 2 is 1.76 bits per heavy atom. The molecule has 0 saturated heterocycles. The third-order valence-corrected chi connectivity index (χ3v) is 4.29. The number of halogens is 1. The first-order chi connectivity index (χ1) is 12.1. The maximum Gasteiger partial charge on any atom is 0.257 e. The van der Waals surface area contributed by atoms with Crippen LogP contribution >= 0.6 is 15.9 Å². The maximum atomic E-state index is 12.3. The number of nitrogens with zero attached hydrogens (tertiary/aromatic N) is 2. The molecule has 1 amide bonds. The average Bonchev–Trinajstić information content (AvgIpc) is 2.64. The van der Waals surface area contributed by atoms with E-state index >= 15 is 0 Å². The molecule has 0 atom stereocenters. The van der Waals surface area contributed by atoms with Gasteiger partial charge in [-0.2, -0.15) is 0 Å². The molecule has 2 aromatic carbocycles. The number of pyridine rings is 1. The van der Waals surface area contributed by atoms with Gasteiger partial charge in [0.2, 0.25) is 0 Å². The zero-order valence-corrected chi connectivity index (χ0v) is 15.4. The largest absolute Gasteiger partial charge is 0.355 e. The van der Waals surface area contributed by atoms with Gasteiger partial charge >= 0.3 is 0 Å². The van der Waals surface area contributed by atoms with E-state index in [-0.39, 0.29) is 5.91 Å². The first-order valence-corrected chi connectivity index (χ1v) is 8.69. The molecule has 0 aliphatic heterocycles.